The van der Waals surface area contributed by atoms with Gasteiger partial charge in [0, 0.05) is 6.20 Å². The van der Waals surface area contributed by atoms with Crippen molar-refractivity contribution in [2.45, 2.75) is 29.5 Å². The molecule has 0 aliphatic carbocycles. The highest BCUT2D eigenvalue weighted by Crippen LogP contribution is 2.56. The highest BCUT2D eigenvalue weighted by atomic mass is 16.6. The van der Waals surface area contributed by atoms with Crippen LogP contribution < -0.4 is 11.2 Å². The van der Waals surface area contributed by atoms with E-state index in [-0.39, 0.29) is 5.82 Å². The average Bonchev–Trinajstić information content (AvgIpc) is 3.21. The van der Waals surface area contributed by atoms with Gasteiger partial charge in [-0.2, -0.15) is 4.98 Å². The van der Waals surface area contributed by atoms with Crippen molar-refractivity contribution in [1.82, 2.24) is 9.55 Å². The van der Waals surface area contributed by atoms with Crippen molar-refractivity contribution in [2.75, 3.05) is 12.1 Å². The molecule has 2 heterocycles. The quantitative estimate of drug-likeness (QED) is 0.191. The Morgan fingerprint density at radius 1 is 0.865 bits per heavy atom. The van der Waals surface area contributed by atoms with Gasteiger partial charge < -0.3 is 20.1 Å². The first kappa shape index (κ1) is 24.8. The lowest BCUT2D eigenvalue weighted by atomic mass is 9.60. The summed E-state index contributed by atoms with van der Waals surface area (Å²) in [7, 11) is 0. The minimum atomic E-state index is -2.03. The van der Waals surface area contributed by atoms with Crippen LogP contribution in [0.2, 0.25) is 0 Å². The number of aromatic nitrogens is 2. The Kier molecular flexibility index (Phi) is 6.63. The topological polar surface area (TPSA) is 137 Å². The van der Waals surface area contributed by atoms with Gasteiger partial charge >= 0.3 is 5.69 Å². The molecule has 4 aromatic rings. The van der Waals surface area contributed by atoms with Crippen molar-refractivity contribution >= 4 is 5.82 Å². The summed E-state index contributed by atoms with van der Waals surface area (Å²) in [4.78, 5) is 17.4. The molecule has 1 saturated heterocycles. The van der Waals surface area contributed by atoms with Gasteiger partial charge in [0.1, 0.15) is 18.3 Å². The van der Waals surface area contributed by atoms with Crippen molar-refractivity contribution < 1.29 is 25.3 Å². The SMILES string of the molecule is O=c1nc(NO)ccn1[C@]1(C(c2ccccc2)(c2ccccc2)c2ccccc2)O[C@H](CO)[C@@H](O)[C@H]1O. The molecule has 4 atom stereocenters. The van der Waals surface area contributed by atoms with Crippen LogP contribution in [0, 0.1) is 0 Å². The molecule has 0 unspecified atom stereocenters. The fourth-order valence-corrected chi connectivity index (χ4v) is 5.54. The van der Waals surface area contributed by atoms with Gasteiger partial charge in [-0.1, -0.05) is 91.0 Å². The molecule has 1 fully saturated rings. The van der Waals surface area contributed by atoms with Gasteiger partial charge in [0.15, 0.2) is 11.5 Å². The fraction of sp³-hybridized carbons (Fsp3) is 0.214. The number of nitrogens with one attached hydrogen (secondary N) is 1. The number of nitrogens with zero attached hydrogens (tertiary/aromatic N) is 2. The zero-order valence-corrected chi connectivity index (χ0v) is 19.8. The first-order chi connectivity index (χ1) is 18.0. The summed E-state index contributed by atoms with van der Waals surface area (Å²) in [6, 6.07) is 29.1. The van der Waals surface area contributed by atoms with E-state index in [2.05, 4.69) is 4.98 Å². The van der Waals surface area contributed by atoms with Crippen LogP contribution in [-0.2, 0) is 15.9 Å². The molecule has 3 aromatic carbocycles. The molecule has 0 radical (unpaired) electrons. The van der Waals surface area contributed by atoms with Crippen LogP contribution in [0.1, 0.15) is 16.7 Å². The fourth-order valence-electron chi connectivity index (χ4n) is 5.54. The highest BCUT2D eigenvalue weighted by molar-refractivity contribution is 5.54. The van der Waals surface area contributed by atoms with Crippen molar-refractivity contribution in [3.63, 3.8) is 0 Å². The summed E-state index contributed by atoms with van der Waals surface area (Å²) in [5.74, 6) is -0.104. The van der Waals surface area contributed by atoms with Gasteiger partial charge in [-0.25, -0.2) is 4.79 Å². The van der Waals surface area contributed by atoms with Crippen LogP contribution in [-0.4, -0.2) is 55.0 Å². The maximum atomic E-state index is 13.5. The van der Waals surface area contributed by atoms with Gasteiger partial charge in [0.25, 0.3) is 0 Å². The standard InChI is InChI=1S/C28H27N3O6/c32-18-22-24(33)25(34)28(37-22,31-17-16-23(30-36)29-26(31)35)27(19-10-4-1-5-11-19,20-12-6-2-7-13-20)21-14-8-3-9-15-21/h1-17,22,24-25,32-34,36H,18H2,(H,29,30,35)/t22-,24-,25-,28+/m1/s1. The average molecular weight is 502 g/mol. The minimum Gasteiger partial charge on any atom is -0.394 e. The smallest absolute Gasteiger partial charge is 0.352 e. The molecule has 1 aliphatic rings. The number of rotatable bonds is 7. The van der Waals surface area contributed by atoms with Crippen molar-refractivity contribution in [3.8, 4) is 0 Å². The van der Waals surface area contributed by atoms with Crippen LogP contribution in [0.15, 0.2) is 108 Å². The molecular weight excluding hydrogens is 474 g/mol. The molecule has 1 aliphatic heterocycles. The minimum absolute atomic E-state index is 0.104. The van der Waals surface area contributed by atoms with Crippen molar-refractivity contribution in [1.29, 1.82) is 0 Å². The lowest BCUT2D eigenvalue weighted by Gasteiger charge is -2.51. The van der Waals surface area contributed by atoms with Crippen LogP contribution in [0.3, 0.4) is 0 Å². The van der Waals surface area contributed by atoms with E-state index in [1.54, 1.807) is 0 Å². The van der Waals surface area contributed by atoms with Gasteiger partial charge in [0.05, 0.1) is 12.0 Å². The van der Waals surface area contributed by atoms with E-state index in [4.69, 9.17) is 4.74 Å². The number of hydrogen-bond donors (Lipinski definition) is 5. The van der Waals surface area contributed by atoms with Crippen LogP contribution in [0.5, 0.6) is 0 Å². The molecule has 9 heteroatoms. The Morgan fingerprint density at radius 2 is 1.35 bits per heavy atom. The summed E-state index contributed by atoms with van der Waals surface area (Å²) in [5.41, 5.74) is -0.470. The zero-order chi connectivity index (χ0) is 26.0. The largest absolute Gasteiger partial charge is 0.394 e. The van der Waals surface area contributed by atoms with Gasteiger partial charge in [0.2, 0.25) is 0 Å². The normalized spacial score (nSPS) is 23.6. The number of benzene rings is 3. The molecule has 9 nitrogen and oxygen atoms in total. The summed E-state index contributed by atoms with van der Waals surface area (Å²) in [6.07, 6.45) is -3.11. The van der Waals surface area contributed by atoms with Crippen LogP contribution in [0.4, 0.5) is 5.82 Å². The molecule has 0 saturated carbocycles. The number of hydrogen-bond acceptors (Lipinski definition) is 8. The molecule has 5 N–H and O–H groups in total. The maximum Gasteiger partial charge on any atom is 0.352 e. The Bertz CT molecular complexity index is 1300. The Hall–Kier alpha value is -3.86. The van der Waals surface area contributed by atoms with E-state index >= 15 is 0 Å². The lowest BCUT2D eigenvalue weighted by Crippen LogP contribution is -2.64. The Labute approximate surface area is 212 Å². The van der Waals surface area contributed by atoms with Gasteiger partial charge in [-0.3, -0.25) is 15.3 Å². The van der Waals surface area contributed by atoms with E-state index < -0.39 is 41.7 Å². The predicted octanol–water partition coefficient (Wildman–Crippen LogP) is 1.84. The zero-order valence-electron chi connectivity index (χ0n) is 19.8. The molecule has 190 valence electrons. The van der Waals surface area contributed by atoms with Crippen LogP contribution >= 0.6 is 0 Å². The molecule has 37 heavy (non-hydrogen) atoms. The van der Waals surface area contributed by atoms with E-state index in [0.29, 0.717) is 16.7 Å². The summed E-state index contributed by atoms with van der Waals surface area (Å²) >= 11 is 0. The van der Waals surface area contributed by atoms with E-state index in [9.17, 15) is 25.3 Å². The Balaban J connectivity index is 2.01. The second-order valence-corrected chi connectivity index (χ2v) is 8.90. The third-order valence-corrected chi connectivity index (χ3v) is 7.05. The lowest BCUT2D eigenvalue weighted by molar-refractivity contribution is -0.180. The molecule has 0 spiro atoms. The second kappa shape index (κ2) is 9.89. The third kappa shape index (κ3) is 3.67. The number of aliphatic hydroxyl groups is 3. The second-order valence-electron chi connectivity index (χ2n) is 8.90. The first-order valence-electron chi connectivity index (χ1n) is 11.8. The molecular formula is C28H27N3O6. The van der Waals surface area contributed by atoms with E-state index in [1.165, 1.54) is 12.3 Å². The highest BCUT2D eigenvalue weighted by Gasteiger charge is 2.68. The maximum absolute atomic E-state index is 13.5. The van der Waals surface area contributed by atoms with Gasteiger partial charge in [-0.15, -0.1) is 0 Å². The summed E-state index contributed by atoms with van der Waals surface area (Å²) in [5, 5.41) is 42.5. The molecule has 0 amide bonds. The van der Waals surface area contributed by atoms with E-state index in [1.807, 2.05) is 96.5 Å². The van der Waals surface area contributed by atoms with Crippen LogP contribution in [0.25, 0.3) is 0 Å². The third-order valence-electron chi connectivity index (χ3n) is 7.05. The summed E-state index contributed by atoms with van der Waals surface area (Å²) < 4.78 is 7.61. The predicted molar refractivity (Wildman–Crippen MR) is 135 cm³/mol. The molecule has 5 rings (SSSR count). The number of anilines is 1. The number of aliphatic hydroxyl groups excluding tert-OH is 3. The van der Waals surface area contributed by atoms with Crippen molar-refractivity contribution in [3.05, 3.63) is 130 Å². The first-order valence-corrected chi connectivity index (χ1v) is 11.8. The van der Waals surface area contributed by atoms with Crippen molar-refractivity contribution in [2.24, 2.45) is 0 Å². The monoisotopic (exact) mass is 501 g/mol. The van der Waals surface area contributed by atoms with Gasteiger partial charge in [-0.05, 0) is 22.8 Å². The van der Waals surface area contributed by atoms with E-state index in [0.717, 1.165) is 4.57 Å². The molecule has 0 bridgehead atoms. The molecule has 1 aromatic heterocycles. The number of ether oxygens (including phenoxy) is 1. The Morgan fingerprint density at radius 3 is 1.73 bits per heavy atom. The summed E-state index contributed by atoms with van der Waals surface area (Å²) in [6.45, 7) is -0.604.